The molecule has 4 rings (SSSR count). The Bertz CT molecular complexity index is 1280. The number of pyridine rings is 1. The average molecular weight is 513 g/mol. The maximum Gasteiger partial charge on any atom is 0.257 e. The number of aryl methyl sites for hydroxylation is 1. The number of halogens is 3. The van der Waals surface area contributed by atoms with Gasteiger partial charge in [-0.2, -0.15) is 5.26 Å². The van der Waals surface area contributed by atoms with Crippen LogP contribution in [-0.2, 0) is 4.79 Å². The van der Waals surface area contributed by atoms with E-state index in [4.69, 9.17) is 11.6 Å². The highest BCUT2D eigenvalue weighted by Gasteiger charge is 2.43. The van der Waals surface area contributed by atoms with Crippen molar-refractivity contribution in [1.29, 1.82) is 5.26 Å². The van der Waals surface area contributed by atoms with Gasteiger partial charge < -0.3 is 10.2 Å². The second kappa shape index (κ2) is 10.4. The van der Waals surface area contributed by atoms with Crippen molar-refractivity contribution in [2.75, 3.05) is 18.4 Å². The Kier molecular flexibility index (Phi) is 7.41. The fraction of sp³-hybridized carbons (Fsp3) is 0.407. The first kappa shape index (κ1) is 25.8. The average Bonchev–Trinajstić information content (AvgIpc) is 3.21. The minimum absolute atomic E-state index is 0.166. The number of hydrogen-bond donors (Lipinski definition) is 1. The zero-order chi connectivity index (χ0) is 26.0. The van der Waals surface area contributed by atoms with Crippen LogP contribution in [0.1, 0.15) is 64.8 Å². The van der Waals surface area contributed by atoms with Gasteiger partial charge in [0.1, 0.15) is 6.07 Å². The van der Waals surface area contributed by atoms with Crippen LogP contribution in [0, 0.1) is 31.1 Å². The van der Waals surface area contributed by atoms with Gasteiger partial charge in [0.25, 0.3) is 5.91 Å². The molecule has 2 aliphatic rings. The van der Waals surface area contributed by atoms with Crippen molar-refractivity contribution < 1.29 is 18.4 Å². The Hall–Kier alpha value is -3.31. The van der Waals surface area contributed by atoms with Crippen molar-refractivity contribution in [1.82, 2.24) is 9.88 Å². The first-order valence-corrected chi connectivity index (χ1v) is 12.3. The summed E-state index contributed by atoms with van der Waals surface area (Å²) < 4.78 is 27.0. The molecule has 2 aromatic rings. The smallest absolute Gasteiger partial charge is 0.257 e. The van der Waals surface area contributed by atoms with Crippen LogP contribution in [0.5, 0.6) is 0 Å². The Balaban J connectivity index is 1.45. The highest BCUT2D eigenvalue weighted by molar-refractivity contribution is 6.31. The lowest BCUT2D eigenvalue weighted by Crippen LogP contribution is -2.39. The van der Waals surface area contributed by atoms with Gasteiger partial charge in [0.15, 0.2) is 0 Å². The van der Waals surface area contributed by atoms with Crippen LogP contribution in [-0.4, -0.2) is 40.7 Å². The summed E-state index contributed by atoms with van der Waals surface area (Å²) in [5, 5.41) is 12.5. The second-order valence-electron chi connectivity index (χ2n) is 9.51. The molecular formula is C27H27ClF2N4O2. The van der Waals surface area contributed by atoms with Crippen LogP contribution in [0.3, 0.4) is 0 Å². The number of aromatic nitrogens is 1. The zero-order valence-corrected chi connectivity index (χ0v) is 21.0. The van der Waals surface area contributed by atoms with Gasteiger partial charge in [-0.25, -0.2) is 8.78 Å². The number of benzene rings is 1. The van der Waals surface area contributed by atoms with Gasteiger partial charge in [0.05, 0.1) is 16.8 Å². The quantitative estimate of drug-likeness (QED) is 0.551. The highest BCUT2D eigenvalue weighted by atomic mass is 35.5. The summed E-state index contributed by atoms with van der Waals surface area (Å²) in [5.41, 5.74) is 4.51. The van der Waals surface area contributed by atoms with Crippen molar-refractivity contribution in [2.45, 2.75) is 51.9 Å². The number of likely N-dealkylation sites (tertiary alicyclic amines) is 1. The molecule has 1 N–H and O–H groups in total. The van der Waals surface area contributed by atoms with Gasteiger partial charge in [0, 0.05) is 48.8 Å². The van der Waals surface area contributed by atoms with Gasteiger partial charge in [-0.15, -0.1) is 0 Å². The number of alkyl halides is 2. The molecule has 0 bridgehead atoms. The molecule has 0 unspecified atom stereocenters. The van der Waals surface area contributed by atoms with Gasteiger partial charge in [0.2, 0.25) is 11.8 Å². The molecule has 1 atom stereocenters. The molecule has 36 heavy (non-hydrogen) atoms. The lowest BCUT2D eigenvalue weighted by Gasteiger charge is -2.30. The van der Waals surface area contributed by atoms with Crippen molar-refractivity contribution in [3.63, 3.8) is 0 Å². The van der Waals surface area contributed by atoms with Gasteiger partial charge in [-0.3, -0.25) is 14.6 Å². The van der Waals surface area contributed by atoms with Crippen LogP contribution in [0.4, 0.5) is 14.5 Å². The molecule has 2 amide bonds. The van der Waals surface area contributed by atoms with E-state index in [1.807, 2.05) is 25.1 Å². The van der Waals surface area contributed by atoms with Crippen LogP contribution < -0.4 is 5.32 Å². The molecule has 9 heteroatoms. The number of rotatable bonds is 4. The largest absolute Gasteiger partial charge is 0.342 e. The SMILES string of the molecule is Cc1ncc(C(=O)Nc2cc(Cl)cc(C=C3CCN(C(=O)[C@@H]4CCC(F)(F)C4)CC3)c2C)cc1C#N. The first-order valence-electron chi connectivity index (χ1n) is 11.9. The summed E-state index contributed by atoms with van der Waals surface area (Å²) >= 11 is 6.35. The molecule has 1 saturated heterocycles. The molecule has 1 aromatic heterocycles. The molecule has 2 fully saturated rings. The molecule has 1 aliphatic carbocycles. The molecule has 188 valence electrons. The van der Waals surface area contributed by atoms with Gasteiger partial charge in [-0.05, 0) is 62.4 Å². The summed E-state index contributed by atoms with van der Waals surface area (Å²) in [5.74, 6) is -3.88. The Morgan fingerprint density at radius 2 is 1.97 bits per heavy atom. The maximum atomic E-state index is 13.5. The number of anilines is 1. The van der Waals surface area contributed by atoms with Gasteiger partial charge >= 0.3 is 0 Å². The van der Waals surface area contributed by atoms with E-state index in [9.17, 15) is 23.6 Å². The summed E-state index contributed by atoms with van der Waals surface area (Å²) in [6.45, 7) is 4.58. The lowest BCUT2D eigenvalue weighted by molar-refractivity contribution is -0.136. The van der Waals surface area contributed by atoms with Crippen LogP contribution in [0.2, 0.25) is 5.02 Å². The molecule has 0 spiro atoms. The van der Waals surface area contributed by atoms with E-state index in [0.717, 1.165) is 16.7 Å². The van der Waals surface area contributed by atoms with Crippen molar-refractivity contribution in [3.8, 4) is 6.07 Å². The Morgan fingerprint density at radius 1 is 1.25 bits per heavy atom. The predicted octanol–water partition coefficient (Wildman–Crippen LogP) is 5.92. The fourth-order valence-electron chi connectivity index (χ4n) is 4.74. The number of nitriles is 1. The van der Waals surface area contributed by atoms with Crippen molar-refractivity contribution >= 4 is 35.2 Å². The number of nitrogens with zero attached hydrogens (tertiary/aromatic N) is 3. The second-order valence-corrected chi connectivity index (χ2v) is 9.95. The maximum absolute atomic E-state index is 13.5. The van der Waals surface area contributed by atoms with Crippen LogP contribution >= 0.6 is 11.6 Å². The summed E-state index contributed by atoms with van der Waals surface area (Å²) in [7, 11) is 0. The minimum atomic E-state index is -2.73. The molecule has 6 nitrogen and oxygen atoms in total. The molecule has 1 aliphatic heterocycles. The standard InChI is InChI=1S/C27H27ClF2N4O2/c1-16-20(9-18-4-7-34(8-5-18)26(36)19-3-6-27(29,30)13-19)11-23(28)12-24(16)33-25(35)22-10-21(14-31)17(2)32-15-22/h9-12,15,19H,3-8,13H2,1-2H3,(H,33,35)/t19-/m1/s1. The van der Waals surface area contributed by atoms with E-state index in [0.29, 0.717) is 47.9 Å². The van der Waals surface area contributed by atoms with E-state index in [1.54, 1.807) is 17.9 Å². The molecular weight excluding hydrogens is 486 g/mol. The number of carbonyl (C=O) groups excluding carboxylic acids is 2. The Morgan fingerprint density at radius 3 is 2.61 bits per heavy atom. The third-order valence-electron chi connectivity index (χ3n) is 6.96. The number of piperidine rings is 1. The summed E-state index contributed by atoms with van der Waals surface area (Å²) in [6, 6.07) is 7.02. The predicted molar refractivity (Wildman–Crippen MR) is 134 cm³/mol. The van der Waals surface area contributed by atoms with E-state index in [1.165, 1.54) is 12.3 Å². The number of nitrogens with one attached hydrogen (secondary N) is 1. The lowest BCUT2D eigenvalue weighted by atomic mass is 9.96. The van der Waals surface area contributed by atoms with Gasteiger partial charge in [-0.1, -0.05) is 23.3 Å². The molecule has 1 saturated carbocycles. The molecule has 0 radical (unpaired) electrons. The normalized spacial score (nSPS) is 19.1. The van der Waals surface area contributed by atoms with Crippen molar-refractivity contribution in [2.24, 2.45) is 5.92 Å². The summed E-state index contributed by atoms with van der Waals surface area (Å²) in [6.07, 6.45) is 4.42. The van der Waals surface area contributed by atoms with E-state index in [2.05, 4.69) is 10.3 Å². The van der Waals surface area contributed by atoms with Crippen LogP contribution in [0.15, 0.2) is 30.0 Å². The third kappa shape index (κ3) is 5.73. The minimum Gasteiger partial charge on any atom is -0.342 e. The molecule has 1 aromatic carbocycles. The summed E-state index contributed by atoms with van der Waals surface area (Å²) in [4.78, 5) is 31.3. The highest BCUT2D eigenvalue weighted by Crippen LogP contribution is 2.40. The number of carbonyl (C=O) groups is 2. The molecule has 2 heterocycles. The van der Waals surface area contributed by atoms with E-state index in [-0.39, 0.29) is 30.7 Å². The monoisotopic (exact) mass is 512 g/mol. The number of amides is 2. The van der Waals surface area contributed by atoms with E-state index < -0.39 is 17.7 Å². The topological polar surface area (TPSA) is 86.1 Å². The van der Waals surface area contributed by atoms with E-state index >= 15 is 0 Å². The third-order valence-corrected chi connectivity index (χ3v) is 7.18. The van der Waals surface area contributed by atoms with Crippen molar-refractivity contribution in [3.05, 3.63) is 62.9 Å². The number of hydrogen-bond acceptors (Lipinski definition) is 4. The Labute approximate surface area is 214 Å². The fourth-order valence-corrected chi connectivity index (χ4v) is 4.97. The first-order chi connectivity index (χ1) is 17.1. The van der Waals surface area contributed by atoms with Crippen LogP contribution in [0.25, 0.3) is 6.08 Å². The zero-order valence-electron chi connectivity index (χ0n) is 20.2.